The summed E-state index contributed by atoms with van der Waals surface area (Å²) in [6, 6.07) is 0. The van der Waals surface area contributed by atoms with Crippen molar-refractivity contribution >= 4 is 27.3 Å². The predicted molar refractivity (Wildman–Crippen MR) is 75.2 cm³/mol. The SMILES string of the molecule is Cc1cscc1CNCc1c(Br)c(C)nn1C. The molecule has 2 aromatic heterocycles. The van der Waals surface area contributed by atoms with Gasteiger partial charge in [0.2, 0.25) is 0 Å². The number of nitrogens with zero attached hydrogens (tertiary/aromatic N) is 2. The van der Waals surface area contributed by atoms with Gasteiger partial charge in [0.15, 0.2) is 0 Å². The van der Waals surface area contributed by atoms with Crippen LogP contribution >= 0.6 is 27.3 Å². The minimum Gasteiger partial charge on any atom is -0.307 e. The molecule has 0 aliphatic carbocycles. The van der Waals surface area contributed by atoms with Crippen LogP contribution in [0.2, 0.25) is 0 Å². The van der Waals surface area contributed by atoms with Gasteiger partial charge in [0.25, 0.3) is 0 Å². The summed E-state index contributed by atoms with van der Waals surface area (Å²) in [5.74, 6) is 0. The molecule has 17 heavy (non-hydrogen) atoms. The predicted octanol–water partition coefficient (Wildman–Crippen LogP) is 3.15. The van der Waals surface area contributed by atoms with E-state index in [1.165, 1.54) is 16.8 Å². The summed E-state index contributed by atoms with van der Waals surface area (Å²) >= 11 is 5.33. The molecule has 0 aliphatic heterocycles. The molecule has 3 nitrogen and oxygen atoms in total. The van der Waals surface area contributed by atoms with E-state index in [0.29, 0.717) is 0 Å². The molecule has 0 unspecified atom stereocenters. The standard InChI is InChI=1S/C12H16BrN3S/c1-8-6-17-7-10(8)4-14-5-11-12(13)9(2)15-16(11)3/h6-7,14H,4-5H2,1-3H3. The van der Waals surface area contributed by atoms with Crippen LogP contribution in [-0.2, 0) is 20.1 Å². The average Bonchev–Trinajstić information content (AvgIpc) is 2.78. The molecule has 0 bridgehead atoms. The van der Waals surface area contributed by atoms with E-state index in [1.807, 2.05) is 18.7 Å². The number of nitrogens with one attached hydrogen (secondary N) is 1. The fraction of sp³-hybridized carbons (Fsp3) is 0.417. The molecule has 2 heterocycles. The summed E-state index contributed by atoms with van der Waals surface area (Å²) in [4.78, 5) is 0. The fourth-order valence-corrected chi connectivity index (χ4v) is 3.09. The second-order valence-electron chi connectivity index (χ2n) is 4.15. The van der Waals surface area contributed by atoms with E-state index in [1.54, 1.807) is 11.3 Å². The van der Waals surface area contributed by atoms with E-state index < -0.39 is 0 Å². The van der Waals surface area contributed by atoms with Crippen LogP contribution in [0, 0.1) is 13.8 Å². The van der Waals surface area contributed by atoms with E-state index in [4.69, 9.17) is 0 Å². The number of hydrogen-bond donors (Lipinski definition) is 1. The van der Waals surface area contributed by atoms with Crippen molar-refractivity contribution in [1.82, 2.24) is 15.1 Å². The Balaban J connectivity index is 1.97. The highest BCUT2D eigenvalue weighted by molar-refractivity contribution is 9.10. The lowest BCUT2D eigenvalue weighted by Crippen LogP contribution is -2.15. The third-order valence-electron chi connectivity index (χ3n) is 2.83. The normalized spacial score (nSPS) is 11.1. The van der Waals surface area contributed by atoms with Gasteiger partial charge in [-0.25, -0.2) is 0 Å². The van der Waals surface area contributed by atoms with Crippen molar-refractivity contribution in [2.24, 2.45) is 7.05 Å². The molecule has 92 valence electrons. The highest BCUT2D eigenvalue weighted by Crippen LogP contribution is 2.20. The number of halogens is 1. The minimum atomic E-state index is 0.827. The van der Waals surface area contributed by atoms with E-state index in [0.717, 1.165) is 23.3 Å². The first-order valence-electron chi connectivity index (χ1n) is 5.50. The summed E-state index contributed by atoms with van der Waals surface area (Å²) in [7, 11) is 1.98. The molecule has 0 fully saturated rings. The zero-order valence-corrected chi connectivity index (χ0v) is 12.7. The lowest BCUT2D eigenvalue weighted by molar-refractivity contribution is 0.623. The number of aromatic nitrogens is 2. The third-order valence-corrected chi connectivity index (χ3v) is 4.77. The van der Waals surface area contributed by atoms with Crippen molar-refractivity contribution in [3.05, 3.63) is 37.7 Å². The summed E-state index contributed by atoms with van der Waals surface area (Å²) < 4.78 is 3.03. The Kier molecular flexibility index (Phi) is 4.01. The molecular formula is C12H16BrN3S. The van der Waals surface area contributed by atoms with Gasteiger partial charge in [-0.3, -0.25) is 4.68 Å². The second kappa shape index (κ2) is 5.33. The molecular weight excluding hydrogens is 298 g/mol. The molecule has 2 aromatic rings. The molecule has 0 saturated heterocycles. The topological polar surface area (TPSA) is 29.9 Å². The zero-order chi connectivity index (χ0) is 12.4. The smallest absolute Gasteiger partial charge is 0.0739 e. The lowest BCUT2D eigenvalue weighted by Gasteiger charge is -2.05. The van der Waals surface area contributed by atoms with Crippen molar-refractivity contribution in [2.45, 2.75) is 26.9 Å². The van der Waals surface area contributed by atoms with Crippen LogP contribution in [-0.4, -0.2) is 9.78 Å². The number of thiophene rings is 1. The third kappa shape index (κ3) is 2.78. The highest BCUT2D eigenvalue weighted by Gasteiger charge is 2.09. The first kappa shape index (κ1) is 12.8. The maximum atomic E-state index is 4.38. The Bertz CT molecular complexity index is 516. The van der Waals surface area contributed by atoms with Crippen LogP contribution in [0.1, 0.15) is 22.5 Å². The van der Waals surface area contributed by atoms with Crippen LogP contribution in [0.4, 0.5) is 0 Å². The van der Waals surface area contributed by atoms with Crippen molar-refractivity contribution < 1.29 is 0 Å². The highest BCUT2D eigenvalue weighted by atomic mass is 79.9. The fourth-order valence-electron chi connectivity index (χ4n) is 1.76. The summed E-state index contributed by atoms with van der Waals surface area (Å²) in [5, 5.41) is 12.2. The monoisotopic (exact) mass is 313 g/mol. The Morgan fingerprint density at radius 3 is 2.65 bits per heavy atom. The van der Waals surface area contributed by atoms with Crippen LogP contribution in [0.3, 0.4) is 0 Å². The molecule has 0 atom stereocenters. The second-order valence-corrected chi connectivity index (χ2v) is 5.69. The zero-order valence-electron chi connectivity index (χ0n) is 10.2. The molecule has 0 radical (unpaired) electrons. The Morgan fingerprint density at radius 2 is 2.12 bits per heavy atom. The Hall–Kier alpha value is -0.650. The van der Waals surface area contributed by atoms with Crippen LogP contribution < -0.4 is 5.32 Å². The van der Waals surface area contributed by atoms with Gasteiger partial charge in [0, 0.05) is 20.1 Å². The molecule has 0 saturated carbocycles. The van der Waals surface area contributed by atoms with E-state index >= 15 is 0 Å². The van der Waals surface area contributed by atoms with Gasteiger partial charge in [0.05, 0.1) is 15.9 Å². The summed E-state index contributed by atoms with van der Waals surface area (Å²) in [6.45, 7) is 5.90. The Labute approximate surface area is 114 Å². The molecule has 0 spiro atoms. The molecule has 0 aliphatic rings. The first-order chi connectivity index (χ1) is 8.09. The lowest BCUT2D eigenvalue weighted by atomic mass is 10.2. The van der Waals surface area contributed by atoms with Crippen molar-refractivity contribution in [3.8, 4) is 0 Å². The van der Waals surface area contributed by atoms with Gasteiger partial charge in [-0.1, -0.05) is 0 Å². The van der Waals surface area contributed by atoms with Crippen molar-refractivity contribution in [2.75, 3.05) is 0 Å². The van der Waals surface area contributed by atoms with Crippen molar-refractivity contribution in [1.29, 1.82) is 0 Å². The van der Waals surface area contributed by atoms with Crippen molar-refractivity contribution in [3.63, 3.8) is 0 Å². The van der Waals surface area contributed by atoms with Crippen LogP contribution in [0.15, 0.2) is 15.2 Å². The maximum Gasteiger partial charge on any atom is 0.0739 e. The largest absolute Gasteiger partial charge is 0.307 e. The number of hydrogen-bond acceptors (Lipinski definition) is 3. The van der Waals surface area contributed by atoms with Gasteiger partial charge in [-0.05, 0) is 51.7 Å². The molecule has 1 N–H and O–H groups in total. The number of rotatable bonds is 4. The van der Waals surface area contributed by atoms with E-state index in [-0.39, 0.29) is 0 Å². The van der Waals surface area contributed by atoms with Crippen LogP contribution in [0.25, 0.3) is 0 Å². The van der Waals surface area contributed by atoms with Gasteiger partial charge < -0.3 is 5.32 Å². The summed E-state index contributed by atoms with van der Waals surface area (Å²) in [6.07, 6.45) is 0. The summed E-state index contributed by atoms with van der Waals surface area (Å²) in [5.41, 5.74) is 4.97. The molecule has 0 aromatic carbocycles. The maximum absolute atomic E-state index is 4.38. The minimum absolute atomic E-state index is 0.827. The molecule has 0 amide bonds. The average molecular weight is 314 g/mol. The van der Waals surface area contributed by atoms with Gasteiger partial charge >= 0.3 is 0 Å². The van der Waals surface area contributed by atoms with Gasteiger partial charge in [0.1, 0.15) is 0 Å². The van der Waals surface area contributed by atoms with E-state index in [2.05, 4.69) is 44.0 Å². The Morgan fingerprint density at radius 1 is 1.35 bits per heavy atom. The van der Waals surface area contributed by atoms with Gasteiger partial charge in [-0.2, -0.15) is 16.4 Å². The quantitative estimate of drug-likeness (QED) is 0.939. The first-order valence-corrected chi connectivity index (χ1v) is 7.23. The van der Waals surface area contributed by atoms with Crippen LogP contribution in [0.5, 0.6) is 0 Å². The number of aryl methyl sites for hydroxylation is 3. The van der Waals surface area contributed by atoms with E-state index in [9.17, 15) is 0 Å². The molecule has 5 heteroatoms. The molecule has 2 rings (SSSR count). The van der Waals surface area contributed by atoms with Gasteiger partial charge in [-0.15, -0.1) is 0 Å².